The zero-order valence-electron chi connectivity index (χ0n) is 10.3. The quantitative estimate of drug-likeness (QED) is 0.864. The van der Waals surface area contributed by atoms with Gasteiger partial charge in [0, 0.05) is 0 Å². The van der Waals surface area contributed by atoms with Gasteiger partial charge in [0.1, 0.15) is 12.0 Å². The molecule has 1 fully saturated rings. The topological polar surface area (TPSA) is 72.0 Å². The van der Waals surface area contributed by atoms with Crippen LogP contribution in [0.4, 0.5) is 5.69 Å². The number of sulfonamides is 1. The lowest BCUT2D eigenvalue weighted by molar-refractivity contribution is 0.385. The van der Waals surface area contributed by atoms with Crippen molar-refractivity contribution in [1.82, 2.24) is 9.97 Å². The molecule has 1 N–H and O–H groups in total. The fourth-order valence-electron chi connectivity index (χ4n) is 2.29. The standard InChI is InChI=1S/C11H15Cl2N3O2S/c12-10-9(11(13)15-7-14-10)16-19(17,18)6-8-4-2-1-3-5-8/h7-8,16H,1-6H2. The number of hydrogen-bond acceptors (Lipinski definition) is 4. The van der Waals surface area contributed by atoms with Crippen molar-refractivity contribution in [3.05, 3.63) is 16.6 Å². The Kier molecular flexibility index (Phi) is 4.86. The molecule has 0 bridgehead atoms. The van der Waals surface area contributed by atoms with Crippen LogP contribution in [0.2, 0.25) is 10.3 Å². The first-order valence-electron chi connectivity index (χ1n) is 6.14. The fraction of sp³-hybridized carbons (Fsp3) is 0.636. The Labute approximate surface area is 122 Å². The van der Waals surface area contributed by atoms with Gasteiger partial charge in [-0.15, -0.1) is 0 Å². The summed E-state index contributed by atoms with van der Waals surface area (Å²) >= 11 is 11.6. The van der Waals surface area contributed by atoms with Crippen LogP contribution in [-0.2, 0) is 10.0 Å². The van der Waals surface area contributed by atoms with Crippen LogP contribution in [0, 0.1) is 5.92 Å². The van der Waals surface area contributed by atoms with Crippen molar-refractivity contribution < 1.29 is 8.42 Å². The van der Waals surface area contributed by atoms with E-state index in [-0.39, 0.29) is 27.7 Å². The summed E-state index contributed by atoms with van der Waals surface area (Å²) in [5.41, 5.74) is 0.0571. The second kappa shape index (κ2) is 6.24. The molecule has 1 aromatic heterocycles. The van der Waals surface area contributed by atoms with Crippen molar-refractivity contribution in [1.29, 1.82) is 0 Å². The summed E-state index contributed by atoms with van der Waals surface area (Å²) in [6, 6.07) is 0. The molecule has 1 aliphatic rings. The summed E-state index contributed by atoms with van der Waals surface area (Å²) in [5, 5.41) is 0.0134. The van der Waals surface area contributed by atoms with Gasteiger partial charge in [-0.2, -0.15) is 0 Å². The third-order valence-electron chi connectivity index (χ3n) is 3.19. The average Bonchev–Trinajstić information content (AvgIpc) is 2.35. The molecule has 0 amide bonds. The van der Waals surface area contributed by atoms with Crippen molar-refractivity contribution in [3.63, 3.8) is 0 Å². The Morgan fingerprint density at radius 1 is 1.16 bits per heavy atom. The molecule has 0 spiro atoms. The number of rotatable bonds is 4. The van der Waals surface area contributed by atoms with Crippen molar-refractivity contribution in [2.24, 2.45) is 5.92 Å². The number of aromatic nitrogens is 2. The Morgan fingerprint density at radius 2 is 1.74 bits per heavy atom. The summed E-state index contributed by atoms with van der Waals surface area (Å²) in [6.07, 6.45) is 6.46. The Balaban J connectivity index is 2.08. The SMILES string of the molecule is O=S(=O)(CC1CCCCC1)Nc1c(Cl)ncnc1Cl. The van der Waals surface area contributed by atoms with Crippen LogP contribution in [0.5, 0.6) is 0 Å². The maximum atomic E-state index is 12.1. The van der Waals surface area contributed by atoms with Gasteiger partial charge < -0.3 is 0 Å². The number of nitrogens with zero attached hydrogens (tertiary/aromatic N) is 2. The summed E-state index contributed by atoms with van der Waals surface area (Å²) in [5.74, 6) is 0.294. The van der Waals surface area contributed by atoms with Crippen LogP contribution in [0.1, 0.15) is 32.1 Å². The van der Waals surface area contributed by atoms with E-state index in [0.717, 1.165) is 25.7 Å². The van der Waals surface area contributed by atoms with Gasteiger partial charge in [-0.25, -0.2) is 18.4 Å². The molecule has 2 rings (SSSR count). The lowest BCUT2D eigenvalue weighted by Crippen LogP contribution is -2.24. The third kappa shape index (κ3) is 4.19. The minimum Gasteiger partial charge on any atom is -0.278 e. The van der Waals surface area contributed by atoms with E-state index in [1.807, 2.05) is 0 Å². The fourth-order valence-corrected chi connectivity index (χ4v) is 4.35. The van der Waals surface area contributed by atoms with Crippen LogP contribution in [0.25, 0.3) is 0 Å². The number of hydrogen-bond donors (Lipinski definition) is 1. The van der Waals surface area contributed by atoms with Gasteiger partial charge in [0.15, 0.2) is 10.3 Å². The predicted molar refractivity (Wildman–Crippen MR) is 76.0 cm³/mol. The average molecular weight is 324 g/mol. The van der Waals surface area contributed by atoms with Gasteiger partial charge in [0.05, 0.1) is 5.75 Å². The first-order valence-corrected chi connectivity index (χ1v) is 8.55. The summed E-state index contributed by atoms with van der Waals surface area (Å²) in [7, 11) is -3.48. The first kappa shape index (κ1) is 14.8. The molecule has 1 aromatic rings. The van der Waals surface area contributed by atoms with Gasteiger partial charge in [0.2, 0.25) is 10.0 Å². The summed E-state index contributed by atoms with van der Waals surface area (Å²) < 4.78 is 26.6. The largest absolute Gasteiger partial charge is 0.278 e. The predicted octanol–water partition coefficient (Wildman–Crippen LogP) is 3.11. The molecule has 19 heavy (non-hydrogen) atoms. The molecule has 8 heteroatoms. The van der Waals surface area contributed by atoms with Gasteiger partial charge in [-0.3, -0.25) is 4.72 Å². The first-order chi connectivity index (χ1) is 8.98. The highest BCUT2D eigenvalue weighted by Gasteiger charge is 2.23. The molecule has 0 aromatic carbocycles. The molecule has 0 unspecified atom stereocenters. The van der Waals surface area contributed by atoms with Crippen molar-refractivity contribution >= 4 is 38.9 Å². The summed E-state index contributed by atoms with van der Waals surface area (Å²) in [6.45, 7) is 0. The molecule has 1 aliphatic carbocycles. The highest BCUT2D eigenvalue weighted by Crippen LogP contribution is 2.29. The second-order valence-corrected chi connectivity index (χ2v) is 7.20. The molecule has 5 nitrogen and oxygen atoms in total. The van der Waals surface area contributed by atoms with Gasteiger partial charge in [-0.05, 0) is 18.8 Å². The molecule has 106 valence electrons. The number of nitrogens with one attached hydrogen (secondary N) is 1. The molecule has 0 radical (unpaired) electrons. The van der Waals surface area contributed by atoms with E-state index in [0.29, 0.717) is 0 Å². The van der Waals surface area contributed by atoms with Crippen molar-refractivity contribution in [2.75, 3.05) is 10.5 Å². The van der Waals surface area contributed by atoms with Gasteiger partial charge >= 0.3 is 0 Å². The van der Waals surface area contributed by atoms with Gasteiger partial charge in [-0.1, -0.05) is 42.5 Å². The van der Waals surface area contributed by atoms with E-state index in [9.17, 15) is 8.42 Å². The molecule has 0 saturated heterocycles. The van der Waals surface area contributed by atoms with E-state index >= 15 is 0 Å². The molecule has 1 saturated carbocycles. The number of halogens is 2. The zero-order valence-corrected chi connectivity index (χ0v) is 12.6. The smallest absolute Gasteiger partial charge is 0.233 e. The van der Waals surface area contributed by atoms with Crippen LogP contribution in [-0.4, -0.2) is 24.1 Å². The maximum absolute atomic E-state index is 12.1. The highest BCUT2D eigenvalue weighted by molar-refractivity contribution is 7.92. The maximum Gasteiger partial charge on any atom is 0.233 e. The molecule has 1 heterocycles. The zero-order chi connectivity index (χ0) is 13.9. The Bertz CT molecular complexity index is 525. The van der Waals surface area contributed by atoms with E-state index in [1.54, 1.807) is 0 Å². The lowest BCUT2D eigenvalue weighted by Gasteiger charge is -2.21. The molecule has 0 aliphatic heterocycles. The van der Waals surface area contributed by atoms with Gasteiger partial charge in [0.25, 0.3) is 0 Å². The van der Waals surface area contributed by atoms with Crippen LogP contribution < -0.4 is 4.72 Å². The Morgan fingerprint density at radius 3 is 2.32 bits per heavy atom. The van der Waals surface area contributed by atoms with E-state index in [4.69, 9.17) is 23.2 Å². The van der Waals surface area contributed by atoms with Crippen LogP contribution >= 0.6 is 23.2 Å². The van der Waals surface area contributed by atoms with E-state index in [2.05, 4.69) is 14.7 Å². The third-order valence-corrected chi connectivity index (χ3v) is 5.19. The molecular weight excluding hydrogens is 309 g/mol. The van der Waals surface area contributed by atoms with E-state index in [1.165, 1.54) is 12.7 Å². The van der Waals surface area contributed by atoms with Crippen LogP contribution in [0.15, 0.2) is 6.33 Å². The van der Waals surface area contributed by atoms with Crippen LogP contribution in [0.3, 0.4) is 0 Å². The minimum absolute atomic E-state index is 0.00668. The monoisotopic (exact) mass is 323 g/mol. The minimum atomic E-state index is -3.48. The molecule has 0 atom stereocenters. The van der Waals surface area contributed by atoms with E-state index < -0.39 is 10.0 Å². The number of anilines is 1. The lowest BCUT2D eigenvalue weighted by atomic mass is 9.91. The molecular formula is C11H15Cl2N3O2S. The normalized spacial score (nSPS) is 17.4. The van der Waals surface area contributed by atoms with Crippen molar-refractivity contribution in [2.45, 2.75) is 32.1 Å². The highest BCUT2D eigenvalue weighted by atomic mass is 35.5. The Hall–Kier alpha value is -0.590. The summed E-state index contributed by atoms with van der Waals surface area (Å²) in [4.78, 5) is 7.43. The second-order valence-electron chi connectivity index (χ2n) is 4.72. The van der Waals surface area contributed by atoms with Crippen molar-refractivity contribution in [3.8, 4) is 0 Å².